The summed E-state index contributed by atoms with van der Waals surface area (Å²) in [4.78, 5) is 4.42. The van der Waals surface area contributed by atoms with Gasteiger partial charge < -0.3 is 19.4 Å². The zero-order chi connectivity index (χ0) is 13.3. The minimum absolute atomic E-state index is 0.350. The molecule has 2 aromatic rings. The maximum atomic E-state index is 5.62. The Kier molecular flexibility index (Phi) is 3.12. The van der Waals surface area contributed by atoms with Crippen LogP contribution < -0.4 is 5.73 Å². The predicted molar refractivity (Wildman–Crippen MR) is 67.0 cm³/mol. The zero-order valence-electron chi connectivity index (χ0n) is 10.9. The molecule has 6 heteroatoms. The van der Waals surface area contributed by atoms with Crippen LogP contribution in [0.2, 0.25) is 0 Å². The second kappa shape index (κ2) is 4.79. The Hall–Kier alpha value is -1.66. The fourth-order valence-corrected chi connectivity index (χ4v) is 2.58. The van der Waals surface area contributed by atoms with Crippen LogP contribution in [-0.2, 0) is 16.9 Å². The van der Waals surface area contributed by atoms with Crippen molar-refractivity contribution in [3.05, 3.63) is 23.7 Å². The van der Waals surface area contributed by atoms with E-state index >= 15 is 0 Å². The molecule has 2 heterocycles. The first-order valence-electron chi connectivity index (χ1n) is 6.46. The van der Waals surface area contributed by atoms with E-state index in [1.165, 1.54) is 0 Å². The van der Waals surface area contributed by atoms with Crippen LogP contribution in [0.5, 0.6) is 0 Å². The molecule has 2 N–H and O–H groups in total. The number of nitrogens with zero attached hydrogens (tertiary/aromatic N) is 2. The first-order chi connectivity index (χ1) is 9.27. The molecule has 0 aromatic carbocycles. The van der Waals surface area contributed by atoms with Crippen molar-refractivity contribution in [1.82, 2.24) is 10.1 Å². The van der Waals surface area contributed by atoms with E-state index in [0.717, 1.165) is 25.7 Å². The van der Waals surface area contributed by atoms with Crippen molar-refractivity contribution in [2.75, 3.05) is 7.11 Å². The minimum atomic E-state index is -0.398. The normalized spacial score (nSPS) is 18.0. The predicted octanol–water partition coefficient (Wildman–Crippen LogP) is 2.20. The van der Waals surface area contributed by atoms with Crippen molar-refractivity contribution < 1.29 is 13.7 Å². The first kappa shape index (κ1) is 12.4. The Morgan fingerprint density at radius 1 is 1.37 bits per heavy atom. The van der Waals surface area contributed by atoms with E-state index in [-0.39, 0.29) is 0 Å². The highest BCUT2D eigenvalue weighted by molar-refractivity contribution is 5.44. The molecule has 1 saturated carbocycles. The smallest absolute Gasteiger partial charge is 0.293 e. The van der Waals surface area contributed by atoms with Crippen molar-refractivity contribution in [2.24, 2.45) is 5.73 Å². The van der Waals surface area contributed by atoms with Gasteiger partial charge in [-0.3, -0.25) is 0 Å². The summed E-state index contributed by atoms with van der Waals surface area (Å²) in [5.41, 5.74) is 5.11. The summed E-state index contributed by atoms with van der Waals surface area (Å²) < 4.78 is 16.4. The molecule has 0 spiro atoms. The van der Waals surface area contributed by atoms with E-state index in [1.54, 1.807) is 19.2 Å². The van der Waals surface area contributed by atoms with Crippen LogP contribution in [-0.4, -0.2) is 17.3 Å². The molecule has 0 radical (unpaired) electrons. The standard InChI is InChI=1S/C13H17N3O3/c1-17-13(6-2-3-7-13)12-15-11(19-16-12)10-5-4-9(8-14)18-10/h4-5H,2-3,6-8,14H2,1H3. The summed E-state index contributed by atoms with van der Waals surface area (Å²) in [6.07, 6.45) is 4.09. The number of furan rings is 1. The fraction of sp³-hybridized carbons (Fsp3) is 0.538. The van der Waals surface area contributed by atoms with E-state index < -0.39 is 5.60 Å². The average molecular weight is 263 g/mol. The summed E-state index contributed by atoms with van der Waals surface area (Å²) in [5, 5.41) is 4.05. The highest BCUT2D eigenvalue weighted by Crippen LogP contribution is 2.40. The molecule has 0 saturated heterocycles. The monoisotopic (exact) mass is 263 g/mol. The summed E-state index contributed by atoms with van der Waals surface area (Å²) in [7, 11) is 1.70. The van der Waals surface area contributed by atoms with Gasteiger partial charge >= 0.3 is 0 Å². The number of hydrogen-bond acceptors (Lipinski definition) is 6. The van der Waals surface area contributed by atoms with Gasteiger partial charge in [-0.1, -0.05) is 5.16 Å². The molecule has 0 bridgehead atoms. The van der Waals surface area contributed by atoms with Gasteiger partial charge in [0, 0.05) is 7.11 Å². The third kappa shape index (κ3) is 2.06. The van der Waals surface area contributed by atoms with Gasteiger partial charge in [0.05, 0.1) is 6.54 Å². The summed E-state index contributed by atoms with van der Waals surface area (Å²) in [5.74, 6) is 2.21. The Bertz CT molecular complexity index is 555. The van der Waals surface area contributed by atoms with Gasteiger partial charge in [0.2, 0.25) is 5.82 Å². The van der Waals surface area contributed by atoms with Crippen molar-refractivity contribution in [2.45, 2.75) is 37.8 Å². The molecule has 6 nitrogen and oxygen atoms in total. The van der Waals surface area contributed by atoms with Crippen molar-refractivity contribution in [3.8, 4) is 11.7 Å². The van der Waals surface area contributed by atoms with Crippen LogP contribution in [0.15, 0.2) is 21.1 Å². The molecule has 0 unspecified atom stereocenters. The van der Waals surface area contributed by atoms with E-state index in [2.05, 4.69) is 10.1 Å². The lowest BCUT2D eigenvalue weighted by Gasteiger charge is -2.22. The second-order valence-electron chi connectivity index (χ2n) is 4.80. The van der Waals surface area contributed by atoms with Gasteiger partial charge in [-0.05, 0) is 37.8 Å². The maximum absolute atomic E-state index is 5.62. The van der Waals surface area contributed by atoms with E-state index in [1.807, 2.05) is 0 Å². The Balaban J connectivity index is 1.90. The highest BCUT2D eigenvalue weighted by Gasteiger charge is 2.40. The van der Waals surface area contributed by atoms with Gasteiger partial charge in [0.15, 0.2) is 5.76 Å². The molecule has 1 aliphatic rings. The van der Waals surface area contributed by atoms with E-state index in [4.69, 9.17) is 19.4 Å². The average Bonchev–Trinajstić information content (AvgIpc) is 3.17. The minimum Gasteiger partial charge on any atom is -0.455 e. The number of ether oxygens (including phenoxy) is 1. The van der Waals surface area contributed by atoms with E-state index in [9.17, 15) is 0 Å². The first-order valence-corrected chi connectivity index (χ1v) is 6.46. The van der Waals surface area contributed by atoms with Crippen molar-refractivity contribution in [1.29, 1.82) is 0 Å². The number of nitrogens with two attached hydrogens (primary N) is 1. The zero-order valence-corrected chi connectivity index (χ0v) is 10.9. The van der Waals surface area contributed by atoms with Crippen LogP contribution >= 0.6 is 0 Å². The molecule has 0 amide bonds. The lowest BCUT2D eigenvalue weighted by atomic mass is 10.0. The third-order valence-corrected chi connectivity index (χ3v) is 3.71. The van der Waals surface area contributed by atoms with Gasteiger partial charge in [-0.15, -0.1) is 0 Å². The molecule has 2 aromatic heterocycles. The number of aromatic nitrogens is 2. The van der Waals surface area contributed by atoms with Gasteiger partial charge in [0.25, 0.3) is 5.89 Å². The molecular formula is C13H17N3O3. The van der Waals surface area contributed by atoms with Gasteiger partial charge in [0.1, 0.15) is 11.4 Å². The molecule has 1 aliphatic carbocycles. The summed E-state index contributed by atoms with van der Waals surface area (Å²) >= 11 is 0. The Morgan fingerprint density at radius 3 is 2.79 bits per heavy atom. The van der Waals surface area contributed by atoms with Crippen LogP contribution in [0.25, 0.3) is 11.7 Å². The fourth-order valence-electron chi connectivity index (χ4n) is 2.58. The van der Waals surface area contributed by atoms with Crippen molar-refractivity contribution in [3.63, 3.8) is 0 Å². The lowest BCUT2D eigenvalue weighted by molar-refractivity contribution is -0.0178. The third-order valence-electron chi connectivity index (χ3n) is 3.71. The SMILES string of the molecule is COC1(c2noc(-c3ccc(CN)o3)n2)CCCC1. The van der Waals surface area contributed by atoms with Gasteiger partial charge in [-0.25, -0.2) is 0 Å². The molecule has 0 aliphatic heterocycles. The van der Waals surface area contributed by atoms with Crippen molar-refractivity contribution >= 4 is 0 Å². The summed E-state index contributed by atoms with van der Waals surface area (Å²) in [6, 6.07) is 3.59. The number of hydrogen-bond donors (Lipinski definition) is 1. The van der Waals surface area contributed by atoms with Crippen LogP contribution in [0, 0.1) is 0 Å². The Labute approximate surface area is 110 Å². The maximum Gasteiger partial charge on any atom is 0.293 e. The number of methoxy groups -OCH3 is 1. The number of rotatable bonds is 4. The quantitative estimate of drug-likeness (QED) is 0.909. The highest BCUT2D eigenvalue weighted by atomic mass is 16.5. The largest absolute Gasteiger partial charge is 0.455 e. The van der Waals surface area contributed by atoms with E-state index in [0.29, 0.717) is 29.8 Å². The molecule has 3 rings (SSSR count). The lowest BCUT2D eigenvalue weighted by Crippen LogP contribution is -2.25. The van der Waals surface area contributed by atoms with Crippen LogP contribution in [0.4, 0.5) is 0 Å². The molecular weight excluding hydrogens is 246 g/mol. The molecule has 19 heavy (non-hydrogen) atoms. The van der Waals surface area contributed by atoms with Crippen LogP contribution in [0.1, 0.15) is 37.3 Å². The topological polar surface area (TPSA) is 87.3 Å². The van der Waals surface area contributed by atoms with Crippen LogP contribution in [0.3, 0.4) is 0 Å². The van der Waals surface area contributed by atoms with Gasteiger partial charge in [-0.2, -0.15) is 4.98 Å². The molecule has 1 fully saturated rings. The molecule has 0 atom stereocenters. The second-order valence-corrected chi connectivity index (χ2v) is 4.80. The summed E-state index contributed by atoms with van der Waals surface area (Å²) in [6.45, 7) is 0.350. The molecule has 102 valence electrons. The Morgan fingerprint density at radius 2 is 2.16 bits per heavy atom.